The Morgan fingerprint density at radius 2 is 1.18 bits per heavy atom. The van der Waals surface area contributed by atoms with Gasteiger partial charge >= 0.3 is 11.9 Å². The van der Waals surface area contributed by atoms with Crippen molar-refractivity contribution in [3.63, 3.8) is 0 Å². The fourth-order valence-corrected chi connectivity index (χ4v) is 2.88. The van der Waals surface area contributed by atoms with Crippen LogP contribution in [0.2, 0.25) is 0 Å². The number of rotatable bonds is 4. The highest BCUT2D eigenvalue weighted by molar-refractivity contribution is 6.27. The van der Waals surface area contributed by atoms with Gasteiger partial charge in [-0.3, -0.25) is 9.69 Å². The highest BCUT2D eigenvalue weighted by Crippen LogP contribution is 2.10. The molecule has 1 amide bonds. The van der Waals surface area contributed by atoms with Crippen molar-refractivity contribution in [1.29, 1.82) is 0 Å². The molecule has 28 heavy (non-hydrogen) atoms. The lowest BCUT2D eigenvalue weighted by Crippen LogP contribution is -2.48. The molecule has 2 aromatic carbocycles. The van der Waals surface area contributed by atoms with Gasteiger partial charge in [-0.25, -0.2) is 9.59 Å². The Kier molecular flexibility index (Phi) is 8.17. The molecule has 1 aliphatic rings. The predicted molar refractivity (Wildman–Crippen MR) is 104 cm³/mol. The quantitative estimate of drug-likeness (QED) is 0.779. The number of hydrogen-bond donors (Lipinski definition) is 2. The molecule has 7 heteroatoms. The number of hydrogen-bond acceptors (Lipinski definition) is 4. The Hall–Kier alpha value is -3.19. The summed E-state index contributed by atoms with van der Waals surface area (Å²) in [7, 11) is 0. The molecule has 1 aliphatic heterocycles. The number of nitrogens with zero attached hydrogens (tertiary/aromatic N) is 2. The van der Waals surface area contributed by atoms with Gasteiger partial charge < -0.3 is 15.1 Å². The lowest BCUT2D eigenvalue weighted by atomic mass is 10.1. The van der Waals surface area contributed by atoms with Crippen LogP contribution in [0.5, 0.6) is 0 Å². The van der Waals surface area contributed by atoms with E-state index in [1.54, 1.807) is 0 Å². The maximum Gasteiger partial charge on any atom is 0.414 e. The molecule has 0 spiro atoms. The Balaban J connectivity index is 0.000000409. The van der Waals surface area contributed by atoms with E-state index in [9.17, 15) is 4.79 Å². The molecule has 0 atom stereocenters. The molecule has 0 aliphatic carbocycles. The number of carbonyl (C=O) groups excluding carboxylic acids is 1. The van der Waals surface area contributed by atoms with Gasteiger partial charge in [0.05, 0.1) is 6.42 Å². The fraction of sp³-hybridized carbons (Fsp3) is 0.286. The summed E-state index contributed by atoms with van der Waals surface area (Å²) in [6, 6.07) is 20.5. The third kappa shape index (κ3) is 7.20. The highest BCUT2D eigenvalue weighted by Gasteiger charge is 2.21. The molecule has 2 N–H and O–H groups in total. The Labute approximate surface area is 163 Å². The number of aliphatic carboxylic acids is 2. The van der Waals surface area contributed by atoms with Gasteiger partial charge in [-0.05, 0) is 11.1 Å². The van der Waals surface area contributed by atoms with Crippen LogP contribution in [-0.4, -0.2) is 64.0 Å². The zero-order valence-electron chi connectivity index (χ0n) is 15.5. The Morgan fingerprint density at radius 1 is 0.714 bits per heavy atom. The van der Waals surface area contributed by atoms with Crippen LogP contribution < -0.4 is 0 Å². The van der Waals surface area contributed by atoms with E-state index in [1.165, 1.54) is 5.56 Å². The molecule has 1 heterocycles. The van der Waals surface area contributed by atoms with Crippen molar-refractivity contribution >= 4 is 17.8 Å². The van der Waals surface area contributed by atoms with Crippen molar-refractivity contribution in [2.75, 3.05) is 26.2 Å². The fourth-order valence-electron chi connectivity index (χ4n) is 2.88. The van der Waals surface area contributed by atoms with Crippen LogP contribution in [0.25, 0.3) is 0 Å². The second-order valence-electron chi connectivity index (χ2n) is 6.42. The summed E-state index contributed by atoms with van der Waals surface area (Å²) in [5, 5.41) is 14.8. The molecule has 0 saturated carbocycles. The smallest absolute Gasteiger partial charge is 0.414 e. The molecule has 7 nitrogen and oxygen atoms in total. The molecule has 2 aromatic rings. The lowest BCUT2D eigenvalue weighted by Gasteiger charge is -2.34. The molecule has 1 saturated heterocycles. The SMILES string of the molecule is O=C(Cc1ccccc1)N1CCN(Cc2ccccc2)CC1.O=C(O)C(=O)O. The average molecular weight is 384 g/mol. The van der Waals surface area contributed by atoms with E-state index in [0.717, 1.165) is 38.3 Å². The van der Waals surface area contributed by atoms with E-state index in [1.807, 2.05) is 41.3 Å². The molecule has 0 unspecified atom stereocenters. The summed E-state index contributed by atoms with van der Waals surface area (Å²) in [5.41, 5.74) is 2.44. The third-order valence-electron chi connectivity index (χ3n) is 4.36. The van der Waals surface area contributed by atoms with E-state index < -0.39 is 11.9 Å². The summed E-state index contributed by atoms with van der Waals surface area (Å²) in [5.74, 6) is -3.41. The number of carbonyl (C=O) groups is 3. The molecule has 0 bridgehead atoms. The van der Waals surface area contributed by atoms with Crippen LogP contribution >= 0.6 is 0 Å². The molecule has 1 fully saturated rings. The maximum absolute atomic E-state index is 12.3. The van der Waals surface area contributed by atoms with Crippen molar-refractivity contribution in [2.24, 2.45) is 0 Å². The topological polar surface area (TPSA) is 98.2 Å². The summed E-state index contributed by atoms with van der Waals surface area (Å²) < 4.78 is 0. The van der Waals surface area contributed by atoms with Gasteiger partial charge in [0.15, 0.2) is 0 Å². The normalized spacial score (nSPS) is 13.9. The number of carboxylic acid groups (broad SMARTS) is 2. The minimum atomic E-state index is -1.82. The largest absolute Gasteiger partial charge is 0.473 e. The second-order valence-corrected chi connectivity index (χ2v) is 6.42. The van der Waals surface area contributed by atoms with E-state index in [2.05, 4.69) is 29.2 Å². The van der Waals surface area contributed by atoms with Crippen molar-refractivity contribution in [3.8, 4) is 0 Å². The van der Waals surface area contributed by atoms with Crippen LogP contribution in [-0.2, 0) is 27.3 Å². The Morgan fingerprint density at radius 3 is 1.64 bits per heavy atom. The zero-order valence-corrected chi connectivity index (χ0v) is 15.5. The lowest BCUT2D eigenvalue weighted by molar-refractivity contribution is -0.159. The minimum Gasteiger partial charge on any atom is -0.473 e. The summed E-state index contributed by atoms with van der Waals surface area (Å²) in [4.78, 5) is 35.0. The van der Waals surface area contributed by atoms with Gasteiger partial charge in [0.2, 0.25) is 5.91 Å². The highest BCUT2D eigenvalue weighted by atomic mass is 16.4. The first-order valence-corrected chi connectivity index (χ1v) is 9.00. The summed E-state index contributed by atoms with van der Waals surface area (Å²) in [6.45, 7) is 4.55. The molecule has 3 rings (SSSR count). The first-order valence-electron chi connectivity index (χ1n) is 9.00. The third-order valence-corrected chi connectivity index (χ3v) is 4.36. The van der Waals surface area contributed by atoms with Crippen LogP contribution in [0.3, 0.4) is 0 Å². The van der Waals surface area contributed by atoms with Crippen LogP contribution in [0.1, 0.15) is 11.1 Å². The van der Waals surface area contributed by atoms with Crippen LogP contribution in [0, 0.1) is 0 Å². The van der Waals surface area contributed by atoms with Crippen molar-refractivity contribution in [1.82, 2.24) is 9.80 Å². The number of piperazine rings is 1. The number of carboxylic acids is 2. The monoisotopic (exact) mass is 384 g/mol. The standard InChI is InChI=1S/C19H22N2O.C2H2O4/c22-19(15-17-7-3-1-4-8-17)21-13-11-20(12-14-21)16-18-9-5-2-6-10-18;3-1(4)2(5)6/h1-10H,11-16H2;(H,3,4)(H,5,6). The van der Waals surface area contributed by atoms with Gasteiger partial charge in [-0.15, -0.1) is 0 Å². The van der Waals surface area contributed by atoms with Gasteiger partial charge in [0, 0.05) is 32.7 Å². The number of benzene rings is 2. The minimum absolute atomic E-state index is 0.241. The van der Waals surface area contributed by atoms with E-state index in [4.69, 9.17) is 19.8 Å². The molecular formula is C21H24N2O5. The van der Waals surface area contributed by atoms with Gasteiger partial charge in [-0.2, -0.15) is 0 Å². The summed E-state index contributed by atoms with van der Waals surface area (Å²) in [6.07, 6.45) is 0.513. The molecule has 0 radical (unpaired) electrons. The van der Waals surface area contributed by atoms with Crippen molar-refractivity contribution < 1.29 is 24.6 Å². The van der Waals surface area contributed by atoms with Crippen LogP contribution in [0.4, 0.5) is 0 Å². The van der Waals surface area contributed by atoms with Gasteiger partial charge in [0.25, 0.3) is 0 Å². The van der Waals surface area contributed by atoms with E-state index in [0.29, 0.717) is 6.42 Å². The number of amides is 1. The Bertz CT molecular complexity index is 760. The first-order chi connectivity index (χ1) is 13.5. The van der Waals surface area contributed by atoms with E-state index in [-0.39, 0.29) is 5.91 Å². The van der Waals surface area contributed by atoms with Crippen molar-refractivity contribution in [3.05, 3.63) is 71.8 Å². The van der Waals surface area contributed by atoms with Gasteiger partial charge in [0.1, 0.15) is 0 Å². The van der Waals surface area contributed by atoms with Crippen LogP contribution in [0.15, 0.2) is 60.7 Å². The molecular weight excluding hydrogens is 360 g/mol. The predicted octanol–water partition coefficient (Wildman–Crippen LogP) is 1.73. The second kappa shape index (κ2) is 10.8. The zero-order chi connectivity index (χ0) is 20.4. The maximum atomic E-state index is 12.3. The summed E-state index contributed by atoms with van der Waals surface area (Å²) >= 11 is 0. The average Bonchev–Trinajstić information content (AvgIpc) is 2.70. The van der Waals surface area contributed by atoms with Gasteiger partial charge in [-0.1, -0.05) is 60.7 Å². The molecule has 0 aromatic heterocycles. The van der Waals surface area contributed by atoms with E-state index >= 15 is 0 Å². The first kappa shape index (κ1) is 21.1. The molecule has 148 valence electrons. The van der Waals surface area contributed by atoms with Crippen molar-refractivity contribution in [2.45, 2.75) is 13.0 Å².